The Morgan fingerprint density at radius 2 is 1.14 bits per heavy atom. The predicted octanol–water partition coefficient (Wildman–Crippen LogP) is 4.93. The second-order valence-corrected chi connectivity index (χ2v) is 5.79. The molecule has 0 rings (SSSR count). The van der Waals surface area contributed by atoms with Crippen LogP contribution in [0.15, 0.2) is 0 Å². The van der Waals surface area contributed by atoms with Gasteiger partial charge in [-0.3, -0.25) is 4.79 Å². The molecule has 0 aliphatic heterocycles. The molecule has 0 aromatic carbocycles. The lowest BCUT2D eigenvalue weighted by atomic mass is 10.1. The van der Waals surface area contributed by atoms with Crippen LogP contribution >= 0.6 is 17.0 Å². The highest BCUT2D eigenvalue weighted by molar-refractivity contribution is 8.93. The van der Waals surface area contributed by atoms with Gasteiger partial charge in [-0.25, -0.2) is 0 Å². The molecule has 1 amide bonds. The third-order valence-corrected chi connectivity index (χ3v) is 3.41. The number of amides is 1. The molecule has 2 N–H and O–H groups in total. The highest BCUT2D eigenvalue weighted by Gasteiger charge is 1.95. The number of rotatable bonds is 12. The second-order valence-electron chi connectivity index (χ2n) is 5.79. The molecule has 0 saturated carbocycles. The summed E-state index contributed by atoms with van der Waals surface area (Å²) in [5.41, 5.74) is 5.06. The molecule has 0 unspecified atom stereocenters. The van der Waals surface area contributed by atoms with Crippen molar-refractivity contribution in [2.45, 2.75) is 84.5 Å². The van der Waals surface area contributed by atoms with Crippen LogP contribution in [0.25, 0.3) is 0 Å². The summed E-state index contributed by atoms with van der Waals surface area (Å²) < 4.78 is 0. The van der Waals surface area contributed by atoms with Crippen molar-refractivity contribution in [3.63, 3.8) is 0 Å². The SMILES string of the molecule is Br.CCCCCCCCCCCCC(N)=O.CCN(C)C. The van der Waals surface area contributed by atoms with Gasteiger partial charge in [0.15, 0.2) is 0 Å². The van der Waals surface area contributed by atoms with Crippen LogP contribution in [0.1, 0.15) is 84.5 Å². The quantitative estimate of drug-likeness (QED) is 0.497. The van der Waals surface area contributed by atoms with E-state index in [1.54, 1.807) is 0 Å². The number of nitrogens with two attached hydrogens (primary N) is 1. The van der Waals surface area contributed by atoms with Crippen LogP contribution < -0.4 is 5.73 Å². The first-order valence-corrected chi connectivity index (χ1v) is 8.47. The first-order chi connectivity index (χ1) is 9.54. The summed E-state index contributed by atoms with van der Waals surface area (Å²) >= 11 is 0. The Balaban J connectivity index is -0.000000465. The van der Waals surface area contributed by atoms with E-state index in [0.717, 1.165) is 19.4 Å². The molecule has 3 nitrogen and oxygen atoms in total. The largest absolute Gasteiger partial charge is 0.370 e. The summed E-state index contributed by atoms with van der Waals surface area (Å²) in [6, 6.07) is 0. The molecule has 0 spiro atoms. The van der Waals surface area contributed by atoms with Gasteiger partial charge in [-0.05, 0) is 27.1 Å². The molecule has 0 saturated heterocycles. The fourth-order valence-electron chi connectivity index (χ4n) is 1.79. The van der Waals surface area contributed by atoms with Gasteiger partial charge in [0, 0.05) is 6.42 Å². The van der Waals surface area contributed by atoms with Gasteiger partial charge in [0.25, 0.3) is 0 Å². The van der Waals surface area contributed by atoms with E-state index in [9.17, 15) is 4.79 Å². The summed E-state index contributed by atoms with van der Waals surface area (Å²) in [4.78, 5) is 12.6. The van der Waals surface area contributed by atoms with Crippen molar-refractivity contribution < 1.29 is 4.79 Å². The maximum absolute atomic E-state index is 10.5. The van der Waals surface area contributed by atoms with Gasteiger partial charge in [0.2, 0.25) is 5.91 Å². The van der Waals surface area contributed by atoms with E-state index in [0.29, 0.717) is 6.42 Å². The van der Waals surface area contributed by atoms with Crippen LogP contribution in [0.2, 0.25) is 0 Å². The Kier molecular flexibility index (Phi) is 27.3. The molecule has 0 heterocycles. The number of hydrogen-bond acceptors (Lipinski definition) is 2. The number of unbranched alkanes of at least 4 members (excludes halogenated alkanes) is 9. The second kappa shape index (κ2) is 22.2. The summed E-state index contributed by atoms with van der Waals surface area (Å²) in [5, 5.41) is 0. The fraction of sp³-hybridized carbons (Fsp3) is 0.941. The maximum atomic E-state index is 10.5. The molecule has 0 bridgehead atoms. The minimum absolute atomic E-state index is 0. The van der Waals surface area contributed by atoms with Crippen LogP contribution in [0.3, 0.4) is 0 Å². The van der Waals surface area contributed by atoms with Crippen molar-refractivity contribution in [1.82, 2.24) is 4.90 Å². The number of primary amides is 1. The van der Waals surface area contributed by atoms with Crippen molar-refractivity contribution in [3.05, 3.63) is 0 Å². The van der Waals surface area contributed by atoms with Crippen molar-refractivity contribution in [3.8, 4) is 0 Å². The summed E-state index contributed by atoms with van der Waals surface area (Å²) in [6.07, 6.45) is 13.6. The van der Waals surface area contributed by atoms with Crippen LogP contribution in [-0.4, -0.2) is 31.4 Å². The summed E-state index contributed by atoms with van der Waals surface area (Å²) in [7, 11) is 4.11. The molecule has 0 aliphatic carbocycles. The summed E-state index contributed by atoms with van der Waals surface area (Å²) in [6.45, 7) is 5.51. The maximum Gasteiger partial charge on any atom is 0.217 e. The third-order valence-electron chi connectivity index (χ3n) is 3.41. The Morgan fingerprint density at radius 1 is 0.810 bits per heavy atom. The summed E-state index contributed by atoms with van der Waals surface area (Å²) in [5.74, 6) is -0.158. The highest BCUT2D eigenvalue weighted by Crippen LogP contribution is 2.10. The Hall–Kier alpha value is -0.0900. The lowest BCUT2D eigenvalue weighted by molar-refractivity contribution is -0.118. The van der Waals surface area contributed by atoms with Gasteiger partial charge in [-0.2, -0.15) is 0 Å². The average molecular weight is 367 g/mol. The van der Waals surface area contributed by atoms with Crippen LogP contribution in [0.5, 0.6) is 0 Å². The average Bonchev–Trinajstić information content (AvgIpc) is 2.41. The normalized spacial score (nSPS) is 9.76. The molecule has 0 aromatic rings. The minimum Gasteiger partial charge on any atom is -0.370 e. The van der Waals surface area contributed by atoms with E-state index in [-0.39, 0.29) is 22.9 Å². The van der Waals surface area contributed by atoms with E-state index < -0.39 is 0 Å². The highest BCUT2D eigenvalue weighted by atomic mass is 79.9. The van der Waals surface area contributed by atoms with Gasteiger partial charge >= 0.3 is 0 Å². The lowest BCUT2D eigenvalue weighted by Crippen LogP contribution is -2.09. The topological polar surface area (TPSA) is 46.3 Å². The monoisotopic (exact) mass is 366 g/mol. The van der Waals surface area contributed by atoms with Gasteiger partial charge < -0.3 is 10.6 Å². The zero-order valence-electron chi connectivity index (χ0n) is 14.8. The van der Waals surface area contributed by atoms with Crippen molar-refractivity contribution >= 4 is 22.9 Å². The van der Waals surface area contributed by atoms with Crippen LogP contribution in [0, 0.1) is 0 Å². The number of carbonyl (C=O) groups excluding carboxylic acids is 1. The zero-order valence-corrected chi connectivity index (χ0v) is 16.5. The Bertz CT molecular complexity index is 199. The number of carbonyl (C=O) groups is 1. The van der Waals surface area contributed by atoms with Gasteiger partial charge in [0.1, 0.15) is 0 Å². The van der Waals surface area contributed by atoms with Crippen molar-refractivity contribution in [1.29, 1.82) is 0 Å². The molecular formula is C17H39BrN2O. The smallest absolute Gasteiger partial charge is 0.217 e. The van der Waals surface area contributed by atoms with Crippen LogP contribution in [-0.2, 0) is 4.79 Å². The molecule has 21 heavy (non-hydrogen) atoms. The van der Waals surface area contributed by atoms with E-state index in [4.69, 9.17) is 5.73 Å². The number of halogens is 1. The van der Waals surface area contributed by atoms with Crippen molar-refractivity contribution in [2.24, 2.45) is 5.73 Å². The van der Waals surface area contributed by atoms with Gasteiger partial charge in [-0.15, -0.1) is 17.0 Å². The predicted molar refractivity (Wildman–Crippen MR) is 100 cm³/mol. The van der Waals surface area contributed by atoms with Crippen molar-refractivity contribution in [2.75, 3.05) is 20.6 Å². The molecule has 0 fully saturated rings. The molecule has 0 radical (unpaired) electrons. The lowest BCUT2D eigenvalue weighted by Gasteiger charge is -2.01. The molecule has 0 aromatic heterocycles. The fourth-order valence-corrected chi connectivity index (χ4v) is 1.79. The van der Waals surface area contributed by atoms with E-state index in [2.05, 4.69) is 32.8 Å². The van der Waals surface area contributed by atoms with E-state index in [1.165, 1.54) is 51.4 Å². The molecule has 130 valence electrons. The van der Waals surface area contributed by atoms with E-state index >= 15 is 0 Å². The molecule has 4 heteroatoms. The molecular weight excluding hydrogens is 328 g/mol. The number of nitrogens with zero attached hydrogens (tertiary/aromatic N) is 1. The van der Waals surface area contributed by atoms with Crippen LogP contribution in [0.4, 0.5) is 0 Å². The first kappa shape index (κ1) is 25.8. The molecule has 0 atom stereocenters. The third kappa shape index (κ3) is 33.0. The first-order valence-electron chi connectivity index (χ1n) is 8.47. The van der Waals surface area contributed by atoms with Gasteiger partial charge in [-0.1, -0.05) is 71.6 Å². The molecule has 0 aliphatic rings. The number of hydrogen-bond donors (Lipinski definition) is 1. The van der Waals surface area contributed by atoms with Gasteiger partial charge in [0.05, 0.1) is 0 Å². The Labute approximate surface area is 143 Å². The standard InChI is InChI=1S/C13H27NO.C4H11N.BrH/c1-2-3-4-5-6-7-8-9-10-11-12-13(14)15;1-4-5(2)3;/h2-12H2,1H3,(H2,14,15);4H2,1-3H3;1H. The van der Waals surface area contributed by atoms with E-state index in [1.807, 2.05) is 0 Å². The zero-order chi connectivity index (χ0) is 15.6. The Morgan fingerprint density at radius 3 is 1.43 bits per heavy atom. The minimum atomic E-state index is -0.158.